The molecule has 2 rings (SSSR count). The number of carbonyl (C=O) groups is 1. The highest BCUT2D eigenvalue weighted by Crippen LogP contribution is 2.24. The molecule has 1 N–H and O–H groups in total. The maximum atomic E-state index is 13.6. The Morgan fingerprint density at radius 3 is 2.75 bits per heavy atom. The molecule has 0 aliphatic carbocycles. The van der Waals surface area contributed by atoms with Crippen molar-refractivity contribution in [1.82, 2.24) is 10.5 Å². The molecule has 2 aromatic rings. The van der Waals surface area contributed by atoms with E-state index in [0.717, 1.165) is 12.1 Å². The number of halogens is 2. The van der Waals surface area contributed by atoms with Crippen molar-refractivity contribution in [1.29, 1.82) is 0 Å². The molecule has 0 bridgehead atoms. The molecule has 0 aliphatic heterocycles. The molecular weight excluding hydrogens is 266 g/mol. The Hall–Kier alpha value is -2.24. The van der Waals surface area contributed by atoms with Crippen LogP contribution >= 0.6 is 0 Å². The second kappa shape index (κ2) is 5.81. The van der Waals surface area contributed by atoms with E-state index < -0.39 is 11.6 Å². The highest BCUT2D eigenvalue weighted by atomic mass is 19.1. The van der Waals surface area contributed by atoms with E-state index in [-0.39, 0.29) is 29.7 Å². The maximum absolute atomic E-state index is 13.6. The first kappa shape index (κ1) is 14.2. The number of nitrogens with zero attached hydrogens (tertiary/aromatic N) is 1. The van der Waals surface area contributed by atoms with E-state index in [1.165, 1.54) is 12.1 Å². The summed E-state index contributed by atoms with van der Waals surface area (Å²) in [6.07, 6.45) is 0.0461. The zero-order chi connectivity index (χ0) is 14.7. The van der Waals surface area contributed by atoms with Crippen LogP contribution in [0.4, 0.5) is 8.78 Å². The van der Waals surface area contributed by atoms with E-state index in [1.807, 2.05) is 13.8 Å². The van der Waals surface area contributed by atoms with Crippen LogP contribution in [-0.4, -0.2) is 17.1 Å². The average molecular weight is 280 g/mol. The van der Waals surface area contributed by atoms with Crippen LogP contribution in [0.25, 0.3) is 11.3 Å². The van der Waals surface area contributed by atoms with Crippen LogP contribution in [0, 0.1) is 11.6 Å². The van der Waals surface area contributed by atoms with Crippen LogP contribution in [0.15, 0.2) is 28.8 Å². The zero-order valence-electron chi connectivity index (χ0n) is 11.1. The summed E-state index contributed by atoms with van der Waals surface area (Å²) in [7, 11) is 0. The molecule has 4 nitrogen and oxygen atoms in total. The molecule has 1 aromatic heterocycles. The fourth-order valence-corrected chi connectivity index (χ4v) is 1.75. The van der Waals surface area contributed by atoms with Gasteiger partial charge in [-0.25, -0.2) is 8.78 Å². The Morgan fingerprint density at radius 1 is 1.35 bits per heavy atom. The van der Waals surface area contributed by atoms with Crippen LogP contribution in [0.2, 0.25) is 0 Å². The minimum Gasteiger partial charge on any atom is -0.356 e. The van der Waals surface area contributed by atoms with Crippen molar-refractivity contribution >= 4 is 5.91 Å². The Bertz CT molecular complexity index is 623. The van der Waals surface area contributed by atoms with Gasteiger partial charge in [0.05, 0.1) is 17.7 Å². The Kier molecular flexibility index (Phi) is 4.12. The van der Waals surface area contributed by atoms with Gasteiger partial charge in [-0.05, 0) is 26.0 Å². The third-order valence-electron chi connectivity index (χ3n) is 2.55. The number of rotatable bonds is 4. The van der Waals surface area contributed by atoms with E-state index in [1.54, 1.807) is 0 Å². The van der Waals surface area contributed by atoms with E-state index in [9.17, 15) is 13.6 Å². The minimum absolute atomic E-state index is 0.0309. The van der Waals surface area contributed by atoms with Crippen molar-refractivity contribution in [2.45, 2.75) is 26.3 Å². The van der Waals surface area contributed by atoms with Gasteiger partial charge in [0.2, 0.25) is 5.91 Å². The normalized spacial score (nSPS) is 10.8. The topological polar surface area (TPSA) is 55.1 Å². The fraction of sp³-hybridized carbons (Fsp3) is 0.286. The number of carbonyl (C=O) groups excluding carboxylic acids is 1. The molecule has 106 valence electrons. The second-order valence-corrected chi connectivity index (χ2v) is 4.71. The van der Waals surface area contributed by atoms with Gasteiger partial charge in [0.1, 0.15) is 11.6 Å². The average Bonchev–Trinajstić information content (AvgIpc) is 2.75. The molecule has 0 fully saturated rings. The van der Waals surface area contributed by atoms with Crippen LogP contribution in [-0.2, 0) is 11.2 Å². The molecule has 1 amide bonds. The predicted octanol–water partition coefficient (Wildman–Crippen LogP) is 2.69. The first-order chi connectivity index (χ1) is 9.45. The van der Waals surface area contributed by atoms with Gasteiger partial charge >= 0.3 is 0 Å². The van der Waals surface area contributed by atoms with Gasteiger partial charge in [0, 0.05) is 18.2 Å². The third kappa shape index (κ3) is 3.40. The van der Waals surface area contributed by atoms with Crippen molar-refractivity contribution in [2.75, 3.05) is 0 Å². The third-order valence-corrected chi connectivity index (χ3v) is 2.55. The summed E-state index contributed by atoms with van der Waals surface area (Å²) in [5.41, 5.74) is 0.497. The van der Waals surface area contributed by atoms with Crippen LogP contribution in [0.3, 0.4) is 0 Å². The predicted molar refractivity (Wildman–Crippen MR) is 68.8 cm³/mol. The molecule has 1 aromatic carbocycles. The van der Waals surface area contributed by atoms with Gasteiger partial charge in [0.15, 0.2) is 5.76 Å². The number of nitrogens with one attached hydrogen (secondary N) is 1. The molecule has 0 aliphatic rings. The fourth-order valence-electron chi connectivity index (χ4n) is 1.75. The summed E-state index contributed by atoms with van der Waals surface area (Å²) in [6, 6.07) is 4.66. The van der Waals surface area contributed by atoms with Gasteiger partial charge in [-0.1, -0.05) is 5.16 Å². The summed E-state index contributed by atoms with van der Waals surface area (Å²) >= 11 is 0. The van der Waals surface area contributed by atoms with Crippen molar-refractivity contribution in [3.8, 4) is 11.3 Å². The SMILES string of the molecule is CC(C)NC(=O)Cc1cc(-c2ccc(F)cc2F)on1. The number of aromatic nitrogens is 1. The molecule has 0 saturated carbocycles. The first-order valence-electron chi connectivity index (χ1n) is 6.16. The number of benzene rings is 1. The monoisotopic (exact) mass is 280 g/mol. The Morgan fingerprint density at radius 2 is 2.10 bits per heavy atom. The van der Waals surface area contributed by atoms with Crippen molar-refractivity contribution in [2.24, 2.45) is 0 Å². The molecule has 6 heteroatoms. The number of hydrogen-bond donors (Lipinski definition) is 1. The Balaban J connectivity index is 2.14. The smallest absolute Gasteiger partial charge is 0.226 e. The number of amides is 1. The van der Waals surface area contributed by atoms with Gasteiger partial charge in [-0.15, -0.1) is 0 Å². The van der Waals surface area contributed by atoms with E-state index in [2.05, 4.69) is 10.5 Å². The highest BCUT2D eigenvalue weighted by Gasteiger charge is 2.14. The van der Waals surface area contributed by atoms with Crippen LogP contribution < -0.4 is 5.32 Å². The Labute approximate surface area is 114 Å². The summed E-state index contributed by atoms with van der Waals surface area (Å²) in [6.45, 7) is 3.69. The number of hydrogen-bond acceptors (Lipinski definition) is 3. The molecule has 1 heterocycles. The van der Waals surface area contributed by atoms with Crippen molar-refractivity contribution in [3.05, 3.63) is 41.6 Å². The summed E-state index contributed by atoms with van der Waals surface area (Å²) < 4.78 is 31.4. The van der Waals surface area contributed by atoms with Crippen LogP contribution in [0.5, 0.6) is 0 Å². The molecule has 0 radical (unpaired) electrons. The standard InChI is InChI=1S/C14H14F2N2O2/c1-8(2)17-14(19)7-10-6-13(20-18-10)11-4-3-9(15)5-12(11)16/h3-6,8H,7H2,1-2H3,(H,17,19). The quantitative estimate of drug-likeness (QED) is 0.936. The first-order valence-corrected chi connectivity index (χ1v) is 6.16. The highest BCUT2D eigenvalue weighted by molar-refractivity contribution is 5.78. The maximum Gasteiger partial charge on any atom is 0.226 e. The van der Waals surface area contributed by atoms with Gasteiger partial charge < -0.3 is 9.84 Å². The van der Waals surface area contributed by atoms with Crippen molar-refractivity contribution in [3.63, 3.8) is 0 Å². The lowest BCUT2D eigenvalue weighted by atomic mass is 10.1. The summed E-state index contributed by atoms with van der Waals surface area (Å²) in [5.74, 6) is -1.43. The van der Waals surface area contributed by atoms with Gasteiger partial charge in [-0.3, -0.25) is 4.79 Å². The molecule has 0 unspecified atom stereocenters. The lowest BCUT2D eigenvalue weighted by Crippen LogP contribution is -2.31. The van der Waals surface area contributed by atoms with E-state index in [0.29, 0.717) is 5.69 Å². The molecule has 20 heavy (non-hydrogen) atoms. The van der Waals surface area contributed by atoms with E-state index >= 15 is 0 Å². The van der Waals surface area contributed by atoms with Gasteiger partial charge in [-0.2, -0.15) is 0 Å². The zero-order valence-corrected chi connectivity index (χ0v) is 11.1. The molecular formula is C14H14F2N2O2. The van der Waals surface area contributed by atoms with Crippen LogP contribution in [0.1, 0.15) is 19.5 Å². The second-order valence-electron chi connectivity index (χ2n) is 4.71. The lowest BCUT2D eigenvalue weighted by molar-refractivity contribution is -0.121. The molecule has 0 atom stereocenters. The minimum atomic E-state index is -0.737. The van der Waals surface area contributed by atoms with E-state index in [4.69, 9.17) is 4.52 Å². The molecule has 0 spiro atoms. The largest absolute Gasteiger partial charge is 0.356 e. The lowest BCUT2D eigenvalue weighted by Gasteiger charge is -2.05. The summed E-state index contributed by atoms with van der Waals surface area (Å²) in [5, 5.41) is 6.42. The van der Waals surface area contributed by atoms with Crippen molar-refractivity contribution < 1.29 is 18.1 Å². The van der Waals surface area contributed by atoms with Gasteiger partial charge in [0.25, 0.3) is 0 Å². The summed E-state index contributed by atoms with van der Waals surface area (Å²) in [4.78, 5) is 11.6. The molecule has 0 saturated heterocycles.